The maximum atomic E-state index is 12.9. The summed E-state index contributed by atoms with van der Waals surface area (Å²) in [5.41, 5.74) is 8.94. The molecular formula is C30H43N5O2S. The monoisotopic (exact) mass is 537 g/mol. The maximum Gasteiger partial charge on any atom is 0.318 e. The number of nitrogens with zero attached hydrogens (tertiary/aromatic N) is 3. The number of nitrogens with two attached hydrogens (primary N) is 1. The minimum absolute atomic E-state index is 0.0474. The number of piperidine rings is 1. The zero-order valence-corrected chi connectivity index (χ0v) is 24.4. The van der Waals surface area contributed by atoms with Gasteiger partial charge in [-0.15, -0.1) is 11.8 Å². The van der Waals surface area contributed by atoms with Crippen LogP contribution in [0.1, 0.15) is 81.9 Å². The lowest BCUT2D eigenvalue weighted by atomic mass is 9.89. The van der Waals surface area contributed by atoms with Gasteiger partial charge in [0.1, 0.15) is 11.4 Å². The number of anilines is 1. The number of aliphatic imine (C=N–C) groups is 1. The number of unbranched alkanes of at least 4 members (excludes halogenated alkanes) is 3. The van der Waals surface area contributed by atoms with E-state index in [1.54, 1.807) is 7.05 Å². The van der Waals surface area contributed by atoms with Crippen LogP contribution >= 0.6 is 10.7 Å². The molecule has 7 nitrogen and oxygen atoms in total. The third-order valence-corrected chi connectivity index (χ3v) is 9.17. The van der Waals surface area contributed by atoms with E-state index in [4.69, 9.17) is 10.7 Å². The Labute approximate surface area is 231 Å². The lowest BCUT2D eigenvalue weighted by Gasteiger charge is -2.36. The quantitative estimate of drug-likeness (QED) is 0.247. The highest BCUT2D eigenvalue weighted by molar-refractivity contribution is 8.15. The first-order valence-electron chi connectivity index (χ1n) is 13.7. The average Bonchev–Trinajstić information content (AvgIpc) is 3.19. The number of aryl methyl sites for hydroxylation is 2. The smallest absolute Gasteiger partial charge is 0.318 e. The Kier molecular flexibility index (Phi) is 10.7. The van der Waals surface area contributed by atoms with Gasteiger partial charge in [0.05, 0.1) is 0 Å². The van der Waals surface area contributed by atoms with Crippen LogP contribution in [-0.4, -0.2) is 53.1 Å². The SMILES string of the molecule is C/C=S(/C=C/c1c(C)cc(N(C)C(N)=O)cc1C)N1CCC2(CC1)N=C(CCC#CCCCCC)NC2=O. The molecule has 0 saturated carbocycles. The minimum atomic E-state index is -0.623. The first kappa shape index (κ1) is 29.7. The molecule has 206 valence electrons. The summed E-state index contributed by atoms with van der Waals surface area (Å²) >= 11 is 0. The number of hydrogen-bond donors (Lipinski definition) is 2. The van der Waals surface area contributed by atoms with Crippen LogP contribution in [0.3, 0.4) is 0 Å². The Balaban J connectivity index is 1.60. The molecule has 3 amide bonds. The molecule has 0 aliphatic carbocycles. The number of carbonyl (C=O) groups excluding carboxylic acids is 2. The van der Waals surface area contributed by atoms with E-state index in [9.17, 15) is 9.59 Å². The molecule has 1 saturated heterocycles. The topological polar surface area (TPSA) is 91.0 Å². The highest BCUT2D eigenvalue weighted by Crippen LogP contribution is 2.36. The second-order valence-electron chi connectivity index (χ2n) is 10.1. The second-order valence-corrected chi connectivity index (χ2v) is 12.0. The number of urea groups is 1. The van der Waals surface area contributed by atoms with E-state index in [0.29, 0.717) is 6.42 Å². The Morgan fingerprint density at radius 1 is 1.21 bits per heavy atom. The largest absolute Gasteiger partial charge is 0.351 e. The molecule has 0 radical (unpaired) electrons. The van der Waals surface area contributed by atoms with Gasteiger partial charge in [-0.25, -0.2) is 4.79 Å². The van der Waals surface area contributed by atoms with E-state index in [1.807, 2.05) is 12.1 Å². The van der Waals surface area contributed by atoms with E-state index in [0.717, 1.165) is 73.4 Å². The van der Waals surface area contributed by atoms with Crippen molar-refractivity contribution < 1.29 is 9.59 Å². The van der Waals surface area contributed by atoms with Crippen molar-refractivity contribution in [2.75, 3.05) is 25.0 Å². The maximum absolute atomic E-state index is 12.9. The normalized spacial score (nSPS) is 17.8. The van der Waals surface area contributed by atoms with Crippen molar-refractivity contribution in [1.82, 2.24) is 9.62 Å². The number of hydrogen-bond acceptors (Lipinski definition) is 4. The van der Waals surface area contributed by atoms with Gasteiger partial charge < -0.3 is 11.1 Å². The van der Waals surface area contributed by atoms with E-state index < -0.39 is 11.6 Å². The van der Waals surface area contributed by atoms with Crippen LogP contribution in [0, 0.1) is 25.7 Å². The number of benzene rings is 1. The van der Waals surface area contributed by atoms with Crippen molar-refractivity contribution in [2.45, 2.75) is 84.6 Å². The average molecular weight is 538 g/mol. The molecule has 1 spiro atoms. The van der Waals surface area contributed by atoms with Gasteiger partial charge in [0.2, 0.25) is 0 Å². The van der Waals surface area contributed by atoms with Crippen LogP contribution < -0.4 is 16.0 Å². The molecule has 1 atom stereocenters. The third kappa shape index (κ3) is 7.36. The molecule has 8 heteroatoms. The molecule has 1 aromatic rings. The van der Waals surface area contributed by atoms with Crippen molar-refractivity contribution in [3.8, 4) is 11.8 Å². The summed E-state index contributed by atoms with van der Waals surface area (Å²) < 4.78 is 2.43. The fourth-order valence-corrected chi connectivity index (χ4v) is 6.42. The number of nitrogens with one attached hydrogen (secondary N) is 1. The van der Waals surface area contributed by atoms with Crippen molar-refractivity contribution in [2.24, 2.45) is 10.7 Å². The van der Waals surface area contributed by atoms with Crippen molar-refractivity contribution in [3.05, 3.63) is 34.2 Å². The lowest BCUT2D eigenvalue weighted by molar-refractivity contribution is -0.124. The van der Waals surface area contributed by atoms with E-state index >= 15 is 0 Å². The summed E-state index contributed by atoms with van der Waals surface area (Å²) in [4.78, 5) is 30.8. The van der Waals surface area contributed by atoms with Crippen molar-refractivity contribution in [3.63, 3.8) is 0 Å². The predicted molar refractivity (Wildman–Crippen MR) is 163 cm³/mol. The third-order valence-electron chi connectivity index (χ3n) is 7.31. The van der Waals surface area contributed by atoms with Gasteiger partial charge in [-0.1, -0.05) is 30.4 Å². The number of amides is 3. The first-order chi connectivity index (χ1) is 18.2. The molecule has 1 unspecified atom stereocenters. The van der Waals surface area contributed by atoms with E-state index in [1.165, 1.54) is 17.7 Å². The zero-order chi connectivity index (χ0) is 27.7. The number of carbonyl (C=O) groups is 2. The molecule has 1 fully saturated rings. The van der Waals surface area contributed by atoms with E-state index in [-0.39, 0.29) is 16.6 Å². The fraction of sp³-hybridized carbons (Fsp3) is 0.533. The molecule has 1 aromatic carbocycles. The summed E-state index contributed by atoms with van der Waals surface area (Å²) in [6.07, 6.45) is 9.63. The van der Waals surface area contributed by atoms with Gasteiger partial charge in [-0.2, -0.15) is 0 Å². The van der Waals surface area contributed by atoms with Gasteiger partial charge in [0.25, 0.3) is 5.91 Å². The minimum Gasteiger partial charge on any atom is -0.351 e. The molecule has 0 aromatic heterocycles. The number of amidine groups is 1. The number of primary amides is 1. The Morgan fingerprint density at radius 2 is 1.87 bits per heavy atom. The molecule has 3 rings (SSSR count). The molecule has 0 bridgehead atoms. The molecule has 2 aliphatic rings. The van der Waals surface area contributed by atoms with Crippen LogP contribution in [0.25, 0.3) is 6.08 Å². The van der Waals surface area contributed by atoms with Crippen LogP contribution in [0.5, 0.6) is 0 Å². The zero-order valence-electron chi connectivity index (χ0n) is 23.6. The Hall–Kier alpha value is -2.89. The summed E-state index contributed by atoms with van der Waals surface area (Å²) in [7, 11) is 1.52. The van der Waals surface area contributed by atoms with Crippen molar-refractivity contribution >= 4 is 45.6 Å². The van der Waals surface area contributed by atoms with Gasteiger partial charge >= 0.3 is 6.03 Å². The Morgan fingerprint density at radius 3 is 2.47 bits per heavy atom. The van der Waals surface area contributed by atoms with Gasteiger partial charge in [-0.3, -0.25) is 19.0 Å². The summed E-state index contributed by atoms with van der Waals surface area (Å²) in [6.45, 7) is 10.0. The molecule has 2 aliphatic heterocycles. The van der Waals surface area contributed by atoms with Crippen LogP contribution in [-0.2, 0) is 4.79 Å². The van der Waals surface area contributed by atoms with Gasteiger partial charge in [-0.05, 0) is 85.7 Å². The molecular weight excluding hydrogens is 494 g/mol. The molecule has 3 N–H and O–H groups in total. The van der Waals surface area contributed by atoms with Crippen LogP contribution in [0.15, 0.2) is 22.5 Å². The lowest BCUT2D eigenvalue weighted by Crippen LogP contribution is -2.47. The predicted octanol–water partition coefficient (Wildman–Crippen LogP) is 5.52. The van der Waals surface area contributed by atoms with E-state index in [2.05, 4.69) is 66.0 Å². The van der Waals surface area contributed by atoms with Gasteiger partial charge in [0.15, 0.2) is 0 Å². The van der Waals surface area contributed by atoms with Crippen molar-refractivity contribution in [1.29, 1.82) is 0 Å². The molecule has 2 heterocycles. The summed E-state index contributed by atoms with van der Waals surface area (Å²) in [5.74, 6) is 7.31. The Bertz CT molecular complexity index is 1160. The van der Waals surface area contributed by atoms with Crippen LogP contribution in [0.4, 0.5) is 10.5 Å². The fourth-order valence-electron chi connectivity index (χ4n) is 4.92. The standard InChI is InChI=1S/C30H43N5O2S/c1-6-8-9-10-11-12-13-14-27-32-28(36)30(33-27)16-18-35(19-17-30)38(7-2)20-15-26-23(3)21-25(22-24(26)4)34(5)29(31)37/h7,15,20-22H,6,8-10,13-14,16-19H2,1-5H3,(H2,31,37)(H,32,33,36)/b20-15+. The summed E-state index contributed by atoms with van der Waals surface area (Å²) in [6, 6.07) is 3.50. The highest BCUT2D eigenvalue weighted by atomic mass is 32.2. The highest BCUT2D eigenvalue weighted by Gasteiger charge is 2.45. The first-order valence-corrected chi connectivity index (χ1v) is 15.0. The molecule has 38 heavy (non-hydrogen) atoms. The van der Waals surface area contributed by atoms with Crippen LogP contribution in [0.2, 0.25) is 0 Å². The summed E-state index contributed by atoms with van der Waals surface area (Å²) in [5, 5.41) is 7.50. The van der Waals surface area contributed by atoms with Gasteiger partial charge in [0, 0.05) is 45.1 Å². The number of rotatable bonds is 9. The second kappa shape index (κ2) is 13.8.